The Hall–Kier alpha value is -2.56. The van der Waals surface area contributed by atoms with Crippen molar-refractivity contribution in [3.05, 3.63) is 48.3 Å². The second-order valence-corrected chi connectivity index (χ2v) is 4.65. The lowest BCUT2D eigenvalue weighted by atomic mass is 10.2. The van der Waals surface area contributed by atoms with Gasteiger partial charge < -0.3 is 15.0 Å². The largest absolute Gasteiger partial charge is 0.492 e. The number of nitrogen functional groups attached to an aromatic ring is 1. The molecule has 0 bridgehead atoms. The van der Waals surface area contributed by atoms with Crippen molar-refractivity contribution in [2.45, 2.75) is 13.5 Å². The van der Waals surface area contributed by atoms with E-state index in [1.807, 2.05) is 41.8 Å². The summed E-state index contributed by atoms with van der Waals surface area (Å²) >= 11 is 0. The van der Waals surface area contributed by atoms with Crippen LogP contribution in [0.4, 0.5) is 5.95 Å². The maximum Gasteiger partial charge on any atom is 0.201 e. The number of nitrogens with zero attached hydrogens (tertiary/aromatic N) is 3. The van der Waals surface area contributed by atoms with Gasteiger partial charge in [-0.25, -0.2) is 4.98 Å². The number of hydrogen-bond acceptors (Lipinski definition) is 4. The third kappa shape index (κ3) is 2.42. The molecule has 20 heavy (non-hydrogen) atoms. The van der Waals surface area contributed by atoms with Crippen molar-refractivity contribution in [1.29, 1.82) is 0 Å². The van der Waals surface area contributed by atoms with E-state index in [0.717, 1.165) is 16.8 Å². The number of aryl methyl sites for hydroxylation is 1. The van der Waals surface area contributed by atoms with E-state index < -0.39 is 0 Å². The molecule has 5 heteroatoms. The van der Waals surface area contributed by atoms with Crippen LogP contribution in [-0.2, 0) is 6.54 Å². The number of ether oxygens (including phenoxy) is 1. The third-order valence-electron chi connectivity index (χ3n) is 3.15. The highest BCUT2D eigenvalue weighted by molar-refractivity contribution is 5.76. The zero-order valence-corrected chi connectivity index (χ0v) is 11.3. The number of pyridine rings is 1. The van der Waals surface area contributed by atoms with Gasteiger partial charge in [0.1, 0.15) is 17.9 Å². The van der Waals surface area contributed by atoms with Gasteiger partial charge in [0.2, 0.25) is 5.95 Å². The fraction of sp³-hybridized carbons (Fsp3) is 0.200. The molecule has 5 nitrogen and oxygen atoms in total. The highest BCUT2D eigenvalue weighted by Crippen LogP contribution is 2.17. The van der Waals surface area contributed by atoms with Crippen molar-refractivity contribution < 1.29 is 4.74 Å². The van der Waals surface area contributed by atoms with E-state index >= 15 is 0 Å². The lowest BCUT2D eigenvalue weighted by molar-refractivity contribution is 0.301. The fourth-order valence-corrected chi connectivity index (χ4v) is 2.20. The first kappa shape index (κ1) is 12.5. The minimum absolute atomic E-state index is 0.487. The lowest BCUT2D eigenvalue weighted by Gasteiger charge is -2.09. The molecule has 0 atom stereocenters. The maximum absolute atomic E-state index is 5.93. The minimum atomic E-state index is 0.487. The van der Waals surface area contributed by atoms with Crippen LogP contribution in [0.2, 0.25) is 0 Å². The van der Waals surface area contributed by atoms with E-state index in [0.29, 0.717) is 19.1 Å². The Bertz CT molecular complexity index is 736. The van der Waals surface area contributed by atoms with E-state index in [4.69, 9.17) is 10.5 Å². The van der Waals surface area contributed by atoms with Crippen molar-refractivity contribution in [2.75, 3.05) is 12.3 Å². The molecule has 2 N–H and O–H groups in total. The molecular weight excluding hydrogens is 252 g/mol. The van der Waals surface area contributed by atoms with Crippen molar-refractivity contribution in [3.8, 4) is 5.75 Å². The Kier molecular flexibility index (Phi) is 3.25. The van der Waals surface area contributed by atoms with Gasteiger partial charge in [0.05, 0.1) is 18.3 Å². The molecule has 0 spiro atoms. The lowest BCUT2D eigenvalue weighted by Crippen LogP contribution is -2.10. The van der Waals surface area contributed by atoms with Gasteiger partial charge >= 0.3 is 0 Å². The average molecular weight is 268 g/mol. The van der Waals surface area contributed by atoms with Crippen molar-refractivity contribution in [3.63, 3.8) is 0 Å². The van der Waals surface area contributed by atoms with Gasteiger partial charge in [-0.05, 0) is 30.7 Å². The molecule has 0 radical (unpaired) electrons. The average Bonchev–Trinajstić information content (AvgIpc) is 2.75. The van der Waals surface area contributed by atoms with Crippen LogP contribution < -0.4 is 10.5 Å². The summed E-state index contributed by atoms with van der Waals surface area (Å²) in [5.74, 6) is 1.36. The third-order valence-corrected chi connectivity index (χ3v) is 3.15. The van der Waals surface area contributed by atoms with Crippen molar-refractivity contribution >= 4 is 17.0 Å². The van der Waals surface area contributed by atoms with E-state index in [1.54, 1.807) is 12.4 Å². The monoisotopic (exact) mass is 268 g/mol. The molecule has 0 aliphatic carbocycles. The summed E-state index contributed by atoms with van der Waals surface area (Å²) in [7, 11) is 0. The molecule has 3 rings (SSSR count). The molecule has 0 aliphatic heterocycles. The van der Waals surface area contributed by atoms with Crippen molar-refractivity contribution in [1.82, 2.24) is 14.5 Å². The number of imidazole rings is 1. The van der Waals surface area contributed by atoms with E-state index in [9.17, 15) is 0 Å². The van der Waals surface area contributed by atoms with Crippen LogP contribution in [0.1, 0.15) is 5.56 Å². The molecule has 0 fully saturated rings. The van der Waals surface area contributed by atoms with Crippen LogP contribution in [0.15, 0.2) is 42.7 Å². The second-order valence-electron chi connectivity index (χ2n) is 4.65. The molecule has 2 heterocycles. The summed E-state index contributed by atoms with van der Waals surface area (Å²) in [5, 5.41) is 0. The van der Waals surface area contributed by atoms with E-state index in [-0.39, 0.29) is 0 Å². The number of anilines is 1. The smallest absolute Gasteiger partial charge is 0.201 e. The summed E-state index contributed by atoms with van der Waals surface area (Å²) in [5.41, 5.74) is 8.89. The van der Waals surface area contributed by atoms with Gasteiger partial charge in [0, 0.05) is 6.20 Å². The van der Waals surface area contributed by atoms with E-state index in [2.05, 4.69) is 9.97 Å². The summed E-state index contributed by atoms with van der Waals surface area (Å²) in [6, 6.07) is 9.90. The zero-order chi connectivity index (χ0) is 13.9. The van der Waals surface area contributed by atoms with Crippen LogP contribution in [0, 0.1) is 6.92 Å². The highest BCUT2D eigenvalue weighted by Gasteiger charge is 2.07. The topological polar surface area (TPSA) is 66.0 Å². The summed E-state index contributed by atoms with van der Waals surface area (Å²) in [6.45, 7) is 3.24. The summed E-state index contributed by atoms with van der Waals surface area (Å²) in [6.07, 6.45) is 3.45. The second kappa shape index (κ2) is 5.21. The molecule has 1 aromatic carbocycles. The SMILES string of the molecule is Cc1cccc(OCCn2c(N)nc3cnccc32)c1. The molecular formula is C15H16N4O. The Morgan fingerprint density at radius 1 is 1.30 bits per heavy atom. The Morgan fingerprint density at radius 3 is 3.05 bits per heavy atom. The Morgan fingerprint density at radius 2 is 2.20 bits per heavy atom. The normalized spacial score (nSPS) is 10.8. The minimum Gasteiger partial charge on any atom is -0.492 e. The summed E-state index contributed by atoms with van der Waals surface area (Å²) in [4.78, 5) is 8.32. The molecule has 0 unspecified atom stereocenters. The van der Waals surface area contributed by atoms with Crippen LogP contribution in [-0.4, -0.2) is 21.1 Å². The fourth-order valence-electron chi connectivity index (χ4n) is 2.20. The first-order valence-electron chi connectivity index (χ1n) is 6.49. The number of rotatable bonds is 4. The number of hydrogen-bond donors (Lipinski definition) is 1. The van der Waals surface area contributed by atoms with Crippen LogP contribution in [0.25, 0.3) is 11.0 Å². The molecule has 0 aliphatic rings. The number of aromatic nitrogens is 3. The molecule has 102 valence electrons. The predicted octanol–water partition coefficient (Wildman–Crippen LogP) is 2.40. The molecule has 2 aromatic heterocycles. The van der Waals surface area contributed by atoms with Crippen molar-refractivity contribution in [2.24, 2.45) is 0 Å². The van der Waals surface area contributed by atoms with Crippen LogP contribution in [0.3, 0.4) is 0 Å². The highest BCUT2D eigenvalue weighted by atomic mass is 16.5. The first-order chi connectivity index (χ1) is 9.74. The van der Waals surface area contributed by atoms with Crippen LogP contribution in [0.5, 0.6) is 5.75 Å². The van der Waals surface area contributed by atoms with Gasteiger partial charge in [0.15, 0.2) is 0 Å². The molecule has 0 amide bonds. The standard InChI is InChI=1S/C15H16N4O/c1-11-3-2-4-12(9-11)20-8-7-19-14-5-6-17-10-13(14)18-15(19)16/h2-6,9-10H,7-8H2,1H3,(H2,16,18). The number of fused-ring (bicyclic) bond motifs is 1. The maximum atomic E-state index is 5.93. The summed E-state index contributed by atoms with van der Waals surface area (Å²) < 4.78 is 7.68. The first-order valence-corrected chi connectivity index (χ1v) is 6.49. The van der Waals surface area contributed by atoms with Gasteiger partial charge in [-0.15, -0.1) is 0 Å². The van der Waals surface area contributed by atoms with Gasteiger partial charge in [0.25, 0.3) is 0 Å². The van der Waals surface area contributed by atoms with E-state index in [1.165, 1.54) is 5.56 Å². The zero-order valence-electron chi connectivity index (χ0n) is 11.3. The van der Waals surface area contributed by atoms with Gasteiger partial charge in [-0.2, -0.15) is 0 Å². The number of nitrogens with two attached hydrogens (primary N) is 1. The molecule has 0 saturated heterocycles. The molecule has 0 saturated carbocycles. The quantitative estimate of drug-likeness (QED) is 0.789. The van der Waals surface area contributed by atoms with Crippen LogP contribution >= 0.6 is 0 Å². The van der Waals surface area contributed by atoms with Gasteiger partial charge in [-0.3, -0.25) is 4.98 Å². The Balaban J connectivity index is 1.73. The van der Waals surface area contributed by atoms with Gasteiger partial charge in [-0.1, -0.05) is 12.1 Å². The Labute approximate surface area is 117 Å². The number of benzene rings is 1. The predicted molar refractivity (Wildman–Crippen MR) is 78.6 cm³/mol. The molecule has 3 aromatic rings.